The highest BCUT2D eigenvalue weighted by Gasteiger charge is 2.56. The molecule has 33 heavy (non-hydrogen) atoms. The van der Waals surface area contributed by atoms with Gasteiger partial charge >= 0.3 is 6.03 Å². The van der Waals surface area contributed by atoms with Crippen molar-refractivity contribution in [1.82, 2.24) is 15.2 Å². The van der Waals surface area contributed by atoms with Crippen molar-refractivity contribution in [3.8, 4) is 5.75 Å². The average molecular weight is 451 g/mol. The van der Waals surface area contributed by atoms with Crippen molar-refractivity contribution in [3.63, 3.8) is 0 Å². The van der Waals surface area contributed by atoms with Crippen LogP contribution in [-0.4, -0.2) is 39.8 Å². The molecule has 2 aromatic rings. The summed E-state index contributed by atoms with van der Waals surface area (Å²) in [7, 11) is 0. The first kappa shape index (κ1) is 22.8. The number of aromatic nitrogens is 1. The Morgan fingerprint density at radius 1 is 1.21 bits per heavy atom. The summed E-state index contributed by atoms with van der Waals surface area (Å²) in [5, 5.41) is 5.65. The van der Waals surface area contributed by atoms with Crippen LogP contribution in [0.25, 0.3) is 0 Å². The predicted octanol–water partition coefficient (Wildman–Crippen LogP) is 3.74. The van der Waals surface area contributed by atoms with Crippen molar-refractivity contribution in [1.29, 1.82) is 0 Å². The van der Waals surface area contributed by atoms with Gasteiger partial charge in [-0.1, -0.05) is 32.9 Å². The summed E-state index contributed by atoms with van der Waals surface area (Å²) in [5.74, 6) is 0.127. The summed E-state index contributed by atoms with van der Waals surface area (Å²) >= 11 is 0. The molecule has 1 saturated heterocycles. The van der Waals surface area contributed by atoms with Gasteiger partial charge in [-0.2, -0.15) is 0 Å². The molecule has 2 atom stereocenters. The number of hydrogen-bond acceptors (Lipinski definition) is 5. The molecule has 1 aliphatic carbocycles. The van der Waals surface area contributed by atoms with Gasteiger partial charge < -0.3 is 15.4 Å². The Kier molecular flexibility index (Phi) is 6.10. The summed E-state index contributed by atoms with van der Waals surface area (Å²) in [4.78, 5) is 43.8. The lowest BCUT2D eigenvalue weighted by Crippen LogP contribution is -2.54. The molecular formula is C25H30N4O4. The van der Waals surface area contributed by atoms with E-state index in [4.69, 9.17) is 4.74 Å². The number of nitrogens with zero attached hydrogens (tertiary/aromatic N) is 2. The number of benzene rings is 1. The van der Waals surface area contributed by atoms with Crippen LogP contribution >= 0.6 is 0 Å². The number of nitrogens with one attached hydrogen (secondary N) is 2. The molecule has 0 bridgehead atoms. The van der Waals surface area contributed by atoms with Gasteiger partial charge in [0.25, 0.3) is 5.91 Å². The molecule has 4 rings (SSSR count). The maximum Gasteiger partial charge on any atom is 0.325 e. The Balaban J connectivity index is 1.38. The van der Waals surface area contributed by atoms with Crippen molar-refractivity contribution in [2.75, 3.05) is 11.9 Å². The van der Waals surface area contributed by atoms with E-state index in [1.165, 1.54) is 0 Å². The van der Waals surface area contributed by atoms with E-state index in [1.807, 2.05) is 18.2 Å². The van der Waals surface area contributed by atoms with E-state index in [0.717, 1.165) is 17.0 Å². The summed E-state index contributed by atoms with van der Waals surface area (Å²) in [6, 6.07) is 12.0. The maximum atomic E-state index is 13.2. The zero-order valence-electron chi connectivity index (χ0n) is 19.3. The number of carbonyl (C=O) groups excluding carboxylic acids is 3. The number of carbonyl (C=O) groups is 3. The number of anilines is 1. The van der Waals surface area contributed by atoms with Crippen molar-refractivity contribution >= 4 is 23.5 Å². The minimum absolute atomic E-state index is 0.0609. The van der Waals surface area contributed by atoms with Crippen molar-refractivity contribution in [2.24, 2.45) is 11.3 Å². The molecule has 2 heterocycles. The lowest BCUT2D eigenvalue weighted by Gasteiger charge is -2.43. The summed E-state index contributed by atoms with van der Waals surface area (Å²) < 4.78 is 5.74. The minimum Gasteiger partial charge on any atom is -0.487 e. The van der Waals surface area contributed by atoms with E-state index in [1.54, 1.807) is 30.5 Å². The summed E-state index contributed by atoms with van der Waals surface area (Å²) in [6.45, 7) is 6.29. The molecule has 8 heteroatoms. The lowest BCUT2D eigenvalue weighted by molar-refractivity contribution is -0.136. The van der Waals surface area contributed by atoms with Gasteiger partial charge in [0.05, 0.1) is 5.69 Å². The Morgan fingerprint density at radius 2 is 2.03 bits per heavy atom. The monoisotopic (exact) mass is 450 g/mol. The van der Waals surface area contributed by atoms with Crippen LogP contribution in [0.3, 0.4) is 0 Å². The van der Waals surface area contributed by atoms with Crippen LogP contribution in [0.4, 0.5) is 10.5 Å². The third-order valence-corrected chi connectivity index (χ3v) is 6.16. The van der Waals surface area contributed by atoms with E-state index >= 15 is 0 Å². The summed E-state index contributed by atoms with van der Waals surface area (Å²) in [6.07, 6.45) is 3.86. The van der Waals surface area contributed by atoms with E-state index in [2.05, 4.69) is 36.4 Å². The van der Waals surface area contributed by atoms with Crippen molar-refractivity contribution < 1.29 is 19.1 Å². The highest BCUT2D eigenvalue weighted by Crippen LogP contribution is 2.46. The molecule has 1 aromatic heterocycles. The molecule has 4 amide bonds. The predicted molar refractivity (Wildman–Crippen MR) is 123 cm³/mol. The van der Waals surface area contributed by atoms with E-state index in [0.29, 0.717) is 36.8 Å². The second-order valence-electron chi connectivity index (χ2n) is 9.94. The fraction of sp³-hybridized carbons (Fsp3) is 0.440. The first-order valence-corrected chi connectivity index (χ1v) is 11.2. The Morgan fingerprint density at radius 3 is 2.76 bits per heavy atom. The van der Waals surface area contributed by atoms with Crippen LogP contribution in [0.5, 0.6) is 5.75 Å². The van der Waals surface area contributed by atoms with Gasteiger partial charge in [0.2, 0.25) is 5.91 Å². The minimum atomic E-state index is -0.919. The first-order chi connectivity index (χ1) is 15.7. The zero-order chi connectivity index (χ0) is 23.6. The average Bonchev–Trinajstić information content (AvgIpc) is 2.95. The van der Waals surface area contributed by atoms with Gasteiger partial charge in [0.1, 0.15) is 24.4 Å². The SMILES string of the molecule is CC1CC(C)(C)CC2(C1)NC(=O)N(CC(=O)Nc1cccc(OCc3ccccn3)c1)C2=O. The smallest absolute Gasteiger partial charge is 0.325 e. The Hall–Kier alpha value is -3.42. The van der Waals surface area contributed by atoms with Crippen LogP contribution in [-0.2, 0) is 16.2 Å². The third-order valence-electron chi connectivity index (χ3n) is 6.16. The number of amides is 4. The number of rotatable bonds is 6. The molecule has 2 unspecified atom stereocenters. The van der Waals surface area contributed by atoms with Gasteiger partial charge in [-0.3, -0.25) is 19.5 Å². The number of ether oxygens (including phenoxy) is 1. The van der Waals surface area contributed by atoms with E-state index in [-0.39, 0.29) is 17.9 Å². The molecular weight excluding hydrogens is 420 g/mol. The van der Waals surface area contributed by atoms with Gasteiger partial charge in [-0.15, -0.1) is 0 Å². The molecule has 174 valence electrons. The van der Waals surface area contributed by atoms with Crippen molar-refractivity contribution in [2.45, 2.75) is 52.2 Å². The standard InChI is InChI=1S/C25H30N4O4/c1-17-12-24(2,3)16-25(13-17)22(31)29(23(32)28-25)14-21(30)27-18-8-6-9-20(11-18)33-15-19-7-4-5-10-26-19/h4-11,17H,12-16H2,1-3H3,(H,27,30)(H,28,32). The molecule has 2 fully saturated rings. The molecule has 2 aliphatic rings. The number of pyridine rings is 1. The largest absolute Gasteiger partial charge is 0.487 e. The second-order valence-corrected chi connectivity index (χ2v) is 9.94. The molecule has 1 spiro atoms. The topological polar surface area (TPSA) is 101 Å². The fourth-order valence-corrected chi connectivity index (χ4v) is 5.30. The summed E-state index contributed by atoms with van der Waals surface area (Å²) in [5.41, 5.74) is 0.333. The molecule has 1 aliphatic heterocycles. The van der Waals surface area contributed by atoms with E-state index < -0.39 is 17.5 Å². The third kappa shape index (κ3) is 5.16. The lowest BCUT2D eigenvalue weighted by atomic mass is 9.64. The number of imide groups is 1. The number of urea groups is 1. The van der Waals surface area contributed by atoms with E-state index in [9.17, 15) is 14.4 Å². The number of hydrogen-bond donors (Lipinski definition) is 2. The van der Waals surface area contributed by atoms with Crippen LogP contribution in [0.1, 0.15) is 45.7 Å². The molecule has 2 N–H and O–H groups in total. The first-order valence-electron chi connectivity index (χ1n) is 11.2. The van der Waals surface area contributed by atoms with Crippen LogP contribution < -0.4 is 15.4 Å². The van der Waals surface area contributed by atoms with Gasteiger partial charge in [0, 0.05) is 18.0 Å². The van der Waals surface area contributed by atoms with Gasteiger partial charge in [-0.05, 0) is 54.9 Å². The highest BCUT2D eigenvalue weighted by molar-refractivity contribution is 6.10. The highest BCUT2D eigenvalue weighted by atomic mass is 16.5. The Labute approximate surface area is 193 Å². The Bertz CT molecular complexity index is 1060. The molecule has 1 aromatic carbocycles. The van der Waals surface area contributed by atoms with Crippen LogP contribution in [0, 0.1) is 11.3 Å². The van der Waals surface area contributed by atoms with Crippen LogP contribution in [0.15, 0.2) is 48.7 Å². The normalized spacial score (nSPS) is 24.0. The van der Waals surface area contributed by atoms with Crippen molar-refractivity contribution in [3.05, 3.63) is 54.4 Å². The maximum absolute atomic E-state index is 13.2. The molecule has 8 nitrogen and oxygen atoms in total. The molecule has 1 saturated carbocycles. The fourth-order valence-electron chi connectivity index (χ4n) is 5.30. The zero-order valence-corrected chi connectivity index (χ0v) is 19.3. The van der Waals surface area contributed by atoms with Gasteiger partial charge in [0.15, 0.2) is 0 Å². The van der Waals surface area contributed by atoms with Crippen LogP contribution in [0.2, 0.25) is 0 Å². The quantitative estimate of drug-likeness (QED) is 0.653. The van der Waals surface area contributed by atoms with Gasteiger partial charge in [-0.25, -0.2) is 4.79 Å². The molecule has 0 radical (unpaired) electrons. The second kappa shape index (κ2) is 8.84.